The van der Waals surface area contributed by atoms with Crippen LogP contribution in [0.1, 0.15) is 182 Å². The van der Waals surface area contributed by atoms with E-state index in [2.05, 4.69) is 69.1 Å². The van der Waals surface area contributed by atoms with Crippen LogP contribution in [0.25, 0.3) is 0 Å². The summed E-state index contributed by atoms with van der Waals surface area (Å²) in [6.07, 6.45) is 31.4. The normalized spacial score (nSPS) is 15.3. The molecular weight excluding hydrogens is 775 g/mol. The summed E-state index contributed by atoms with van der Waals surface area (Å²) < 4.78 is 34.4. The van der Waals surface area contributed by atoms with Crippen LogP contribution in [0.15, 0.2) is 36.5 Å². The van der Waals surface area contributed by atoms with Crippen molar-refractivity contribution in [3.63, 3.8) is 0 Å². The van der Waals surface area contributed by atoms with Crippen molar-refractivity contribution in [2.75, 3.05) is 59.3 Å². The average molecular weight is 862 g/mol. The summed E-state index contributed by atoms with van der Waals surface area (Å²) in [5.74, 6) is -1.21. The minimum absolute atomic E-state index is 0.0294. The second kappa shape index (κ2) is 41.0. The summed E-state index contributed by atoms with van der Waals surface area (Å²) >= 11 is 0. The number of allylic oxidation sites excluding steroid dienone is 5. The topological polar surface area (TPSA) is 127 Å². The van der Waals surface area contributed by atoms with E-state index in [4.69, 9.17) is 28.4 Å². The van der Waals surface area contributed by atoms with E-state index in [1.54, 1.807) is 0 Å². The van der Waals surface area contributed by atoms with Crippen LogP contribution in [0.2, 0.25) is 0 Å². The molecule has 0 aromatic rings. The molecule has 0 N–H and O–H groups in total. The Labute approximate surface area is 371 Å². The Bertz CT molecular complexity index is 1160. The molecule has 0 bridgehead atoms. The molecule has 1 fully saturated rings. The molecule has 0 saturated carbocycles. The third-order valence-electron chi connectivity index (χ3n) is 10.7. The number of carbonyl (C=O) groups is 4. The summed E-state index contributed by atoms with van der Waals surface area (Å²) in [4.78, 5) is 52.9. The van der Waals surface area contributed by atoms with E-state index in [1.165, 1.54) is 12.8 Å². The minimum Gasteiger partial charge on any atom is -0.465 e. The molecule has 0 spiro atoms. The first kappa shape index (κ1) is 56.0. The molecular formula is C50H87NO10. The number of rotatable bonds is 40. The molecule has 0 aromatic heterocycles. The Hall–Kier alpha value is -3.02. The van der Waals surface area contributed by atoms with Gasteiger partial charge in [0.1, 0.15) is 0 Å². The summed E-state index contributed by atoms with van der Waals surface area (Å²) in [5.41, 5.74) is 0. The molecule has 1 aliphatic heterocycles. The van der Waals surface area contributed by atoms with Crippen molar-refractivity contribution in [1.29, 1.82) is 0 Å². The summed E-state index contributed by atoms with van der Waals surface area (Å²) in [5, 5.41) is 0. The van der Waals surface area contributed by atoms with Gasteiger partial charge in [0.25, 0.3) is 0 Å². The Kier molecular flexibility index (Phi) is 37.7. The van der Waals surface area contributed by atoms with Gasteiger partial charge >= 0.3 is 23.9 Å². The van der Waals surface area contributed by atoms with Gasteiger partial charge in [-0.05, 0) is 109 Å². The zero-order valence-electron chi connectivity index (χ0n) is 39.1. The lowest BCUT2D eigenvalue weighted by atomic mass is 9.99. The highest BCUT2D eigenvalue weighted by Gasteiger charge is 2.22. The lowest BCUT2D eigenvalue weighted by Gasteiger charge is -2.31. The Morgan fingerprint density at radius 3 is 1.70 bits per heavy atom. The Morgan fingerprint density at radius 2 is 1.10 bits per heavy atom. The zero-order valence-corrected chi connectivity index (χ0v) is 39.1. The van der Waals surface area contributed by atoms with Gasteiger partial charge in [0.2, 0.25) is 0 Å². The molecule has 0 amide bonds. The standard InChI is InChI=1S/C50H87NO10/c1-5-9-12-15-20-25-37-56-46(52)30-23-18-19-24-31-47(53)60-42-45(32-33-48(54)59-41-44-29-28-36-51(8-4)40-44)43-61-49(55)34-35-50(57-38-26-21-16-13-10-6-2)58-39-27-22-17-14-11-7-3/h10-11,13-15,20,44-45,50H,5-9,12,16-19,21-43H2,1-4H3/b13-10-,14-11-,20-15-. The molecule has 0 aromatic carbocycles. The molecule has 1 aliphatic rings. The molecule has 1 heterocycles. The average Bonchev–Trinajstić information content (AvgIpc) is 3.27. The van der Waals surface area contributed by atoms with Gasteiger partial charge in [-0.15, -0.1) is 0 Å². The quantitative estimate of drug-likeness (QED) is 0.0192. The number of hydrogen-bond acceptors (Lipinski definition) is 11. The first-order valence-corrected chi connectivity index (χ1v) is 24.3. The molecule has 1 rings (SSSR count). The Morgan fingerprint density at radius 1 is 0.557 bits per heavy atom. The Balaban J connectivity index is 2.58. The van der Waals surface area contributed by atoms with E-state index < -0.39 is 6.29 Å². The fraction of sp³-hybridized carbons (Fsp3) is 0.800. The van der Waals surface area contributed by atoms with Gasteiger partial charge in [0.05, 0.1) is 32.8 Å². The number of nitrogens with zero attached hydrogens (tertiary/aromatic N) is 1. The number of ether oxygens (including phenoxy) is 6. The van der Waals surface area contributed by atoms with Gasteiger partial charge in [-0.2, -0.15) is 0 Å². The predicted octanol–water partition coefficient (Wildman–Crippen LogP) is 11.2. The van der Waals surface area contributed by atoms with Crippen molar-refractivity contribution in [3.05, 3.63) is 36.5 Å². The molecule has 2 atom stereocenters. The summed E-state index contributed by atoms with van der Waals surface area (Å²) in [6, 6.07) is 0. The van der Waals surface area contributed by atoms with Crippen molar-refractivity contribution in [1.82, 2.24) is 4.90 Å². The van der Waals surface area contributed by atoms with E-state index in [9.17, 15) is 19.2 Å². The summed E-state index contributed by atoms with van der Waals surface area (Å²) in [6.45, 7) is 13.6. The molecule has 2 unspecified atom stereocenters. The second-order valence-corrected chi connectivity index (χ2v) is 16.4. The molecule has 0 radical (unpaired) electrons. The number of unbranched alkanes of at least 4 members (excludes halogenated alkanes) is 9. The first-order chi connectivity index (χ1) is 29.8. The van der Waals surface area contributed by atoms with Gasteiger partial charge < -0.3 is 33.3 Å². The second-order valence-electron chi connectivity index (χ2n) is 16.4. The fourth-order valence-electron chi connectivity index (χ4n) is 6.90. The van der Waals surface area contributed by atoms with Gasteiger partial charge in [0, 0.05) is 57.3 Å². The number of likely N-dealkylation sites (tertiary alicyclic amines) is 1. The van der Waals surface area contributed by atoms with E-state index in [1.807, 2.05) is 0 Å². The maximum Gasteiger partial charge on any atom is 0.305 e. The monoisotopic (exact) mass is 862 g/mol. The van der Waals surface area contributed by atoms with E-state index in [0.717, 1.165) is 110 Å². The van der Waals surface area contributed by atoms with E-state index >= 15 is 0 Å². The zero-order chi connectivity index (χ0) is 44.4. The lowest BCUT2D eigenvalue weighted by Crippen LogP contribution is -2.37. The fourth-order valence-corrected chi connectivity index (χ4v) is 6.90. The van der Waals surface area contributed by atoms with Crippen LogP contribution in [0.3, 0.4) is 0 Å². The van der Waals surface area contributed by atoms with E-state index in [0.29, 0.717) is 64.4 Å². The molecule has 352 valence electrons. The lowest BCUT2D eigenvalue weighted by molar-refractivity contribution is -0.161. The van der Waals surface area contributed by atoms with Crippen LogP contribution in [0, 0.1) is 11.8 Å². The third-order valence-corrected chi connectivity index (χ3v) is 10.7. The van der Waals surface area contributed by atoms with Gasteiger partial charge in [-0.25, -0.2) is 0 Å². The van der Waals surface area contributed by atoms with Gasteiger partial charge in [0.15, 0.2) is 6.29 Å². The number of carbonyl (C=O) groups excluding carboxylic acids is 4. The van der Waals surface area contributed by atoms with Gasteiger partial charge in [-0.1, -0.05) is 89.8 Å². The third kappa shape index (κ3) is 35.2. The van der Waals surface area contributed by atoms with Crippen LogP contribution in [0.4, 0.5) is 0 Å². The first-order valence-electron chi connectivity index (χ1n) is 24.3. The smallest absolute Gasteiger partial charge is 0.305 e. The largest absolute Gasteiger partial charge is 0.465 e. The van der Waals surface area contributed by atoms with Crippen molar-refractivity contribution < 1.29 is 47.6 Å². The highest BCUT2D eigenvalue weighted by Crippen LogP contribution is 2.18. The predicted molar refractivity (Wildman–Crippen MR) is 244 cm³/mol. The summed E-state index contributed by atoms with van der Waals surface area (Å²) in [7, 11) is 0. The molecule has 61 heavy (non-hydrogen) atoms. The van der Waals surface area contributed by atoms with Crippen molar-refractivity contribution >= 4 is 23.9 Å². The highest BCUT2D eigenvalue weighted by molar-refractivity contribution is 5.70. The van der Waals surface area contributed by atoms with Crippen LogP contribution in [-0.4, -0.2) is 94.3 Å². The molecule has 11 nitrogen and oxygen atoms in total. The van der Waals surface area contributed by atoms with Crippen molar-refractivity contribution in [2.45, 2.75) is 188 Å². The van der Waals surface area contributed by atoms with Crippen LogP contribution in [0.5, 0.6) is 0 Å². The van der Waals surface area contributed by atoms with Crippen molar-refractivity contribution in [3.8, 4) is 0 Å². The van der Waals surface area contributed by atoms with Crippen LogP contribution in [-0.2, 0) is 47.6 Å². The number of hydrogen-bond donors (Lipinski definition) is 0. The van der Waals surface area contributed by atoms with Gasteiger partial charge in [-0.3, -0.25) is 19.2 Å². The highest BCUT2D eigenvalue weighted by atomic mass is 16.7. The molecule has 0 aliphatic carbocycles. The van der Waals surface area contributed by atoms with Crippen molar-refractivity contribution in [2.24, 2.45) is 11.8 Å². The number of piperidine rings is 1. The molecule has 11 heteroatoms. The minimum atomic E-state index is -0.494. The SMILES string of the molecule is CC/C=C\CCCCOC(CCC(=O)OCC(CCC(=O)OCC1CCCN(CC)C1)COC(=O)CCCCCCC(=O)OCC/C=C\CCCC)OCCCC/C=C\CC. The molecule has 1 saturated heterocycles. The maximum absolute atomic E-state index is 13.0. The maximum atomic E-state index is 13.0. The number of esters is 4. The van der Waals surface area contributed by atoms with E-state index in [-0.39, 0.29) is 62.3 Å². The van der Waals surface area contributed by atoms with Crippen LogP contribution < -0.4 is 0 Å². The van der Waals surface area contributed by atoms with Crippen LogP contribution >= 0.6 is 0 Å².